The van der Waals surface area contributed by atoms with Crippen LogP contribution in [-0.4, -0.2) is 20.7 Å². The summed E-state index contributed by atoms with van der Waals surface area (Å²) >= 11 is 0. The molecule has 2 aromatic rings. The monoisotopic (exact) mass is 200 g/mol. The standard InChI is InChI=1S/C10H8N4O/c15-6-11-8-2-1-5-14-10(8)12-9(13-14)7-3-4-7/h1-2,5,7H,3-4H2. The van der Waals surface area contributed by atoms with Crippen LogP contribution in [0.15, 0.2) is 23.3 Å². The van der Waals surface area contributed by atoms with Crippen molar-refractivity contribution in [1.82, 2.24) is 14.6 Å². The van der Waals surface area contributed by atoms with E-state index in [0.29, 0.717) is 17.3 Å². The summed E-state index contributed by atoms with van der Waals surface area (Å²) in [5.41, 5.74) is 1.15. The first-order chi connectivity index (χ1) is 7.38. The van der Waals surface area contributed by atoms with Crippen molar-refractivity contribution in [1.29, 1.82) is 0 Å². The van der Waals surface area contributed by atoms with E-state index in [4.69, 9.17) is 0 Å². The predicted octanol–water partition coefficient (Wildman–Crippen LogP) is 1.57. The van der Waals surface area contributed by atoms with Gasteiger partial charge in [0.25, 0.3) is 0 Å². The lowest BCUT2D eigenvalue weighted by molar-refractivity contribution is 0.565. The highest BCUT2D eigenvalue weighted by molar-refractivity contribution is 5.66. The zero-order chi connectivity index (χ0) is 10.3. The zero-order valence-electron chi connectivity index (χ0n) is 7.92. The van der Waals surface area contributed by atoms with Crippen LogP contribution in [-0.2, 0) is 4.79 Å². The van der Waals surface area contributed by atoms with E-state index < -0.39 is 0 Å². The molecule has 0 spiro atoms. The van der Waals surface area contributed by atoms with Crippen LogP contribution >= 0.6 is 0 Å². The summed E-state index contributed by atoms with van der Waals surface area (Å²) in [4.78, 5) is 18.2. The molecule has 1 aliphatic rings. The Labute approximate surface area is 85.5 Å². The van der Waals surface area contributed by atoms with E-state index in [0.717, 1.165) is 18.7 Å². The highest BCUT2D eigenvalue weighted by Crippen LogP contribution is 2.38. The Balaban J connectivity index is 2.23. The molecule has 1 saturated carbocycles. The average molecular weight is 200 g/mol. The summed E-state index contributed by atoms with van der Waals surface area (Å²) in [5.74, 6) is 1.35. The van der Waals surface area contributed by atoms with Crippen molar-refractivity contribution in [3.63, 3.8) is 0 Å². The number of rotatable bonds is 2. The molecule has 1 aliphatic carbocycles. The van der Waals surface area contributed by atoms with Crippen molar-refractivity contribution < 1.29 is 4.79 Å². The third-order valence-corrected chi connectivity index (χ3v) is 2.47. The van der Waals surface area contributed by atoms with Gasteiger partial charge < -0.3 is 0 Å². The molecule has 0 aliphatic heterocycles. The zero-order valence-corrected chi connectivity index (χ0v) is 7.92. The number of aromatic nitrogens is 3. The molecule has 0 bridgehead atoms. The first-order valence-corrected chi connectivity index (χ1v) is 4.81. The molecule has 74 valence electrons. The van der Waals surface area contributed by atoms with E-state index in [2.05, 4.69) is 15.1 Å². The number of isocyanates is 1. The number of hydrogen-bond donors (Lipinski definition) is 0. The Hall–Kier alpha value is -2.00. The van der Waals surface area contributed by atoms with E-state index in [1.165, 1.54) is 6.08 Å². The first-order valence-electron chi connectivity index (χ1n) is 4.81. The normalized spacial score (nSPS) is 15.2. The van der Waals surface area contributed by atoms with Crippen molar-refractivity contribution in [2.24, 2.45) is 4.99 Å². The van der Waals surface area contributed by atoms with Crippen LogP contribution in [0.25, 0.3) is 5.65 Å². The van der Waals surface area contributed by atoms with E-state index in [1.807, 2.05) is 0 Å². The van der Waals surface area contributed by atoms with E-state index in [9.17, 15) is 4.79 Å². The van der Waals surface area contributed by atoms with E-state index >= 15 is 0 Å². The van der Waals surface area contributed by atoms with Gasteiger partial charge in [-0.25, -0.2) is 14.3 Å². The van der Waals surface area contributed by atoms with Gasteiger partial charge in [0.1, 0.15) is 5.69 Å². The third-order valence-electron chi connectivity index (χ3n) is 2.47. The lowest BCUT2D eigenvalue weighted by atomic mass is 10.4. The van der Waals surface area contributed by atoms with Crippen LogP contribution in [0, 0.1) is 0 Å². The third kappa shape index (κ3) is 1.33. The van der Waals surface area contributed by atoms with Gasteiger partial charge in [-0.05, 0) is 25.0 Å². The first kappa shape index (κ1) is 8.32. The fourth-order valence-electron chi connectivity index (χ4n) is 1.56. The van der Waals surface area contributed by atoms with Gasteiger partial charge in [0, 0.05) is 12.1 Å². The maximum absolute atomic E-state index is 10.2. The van der Waals surface area contributed by atoms with Crippen molar-refractivity contribution in [2.75, 3.05) is 0 Å². The van der Waals surface area contributed by atoms with Gasteiger partial charge in [-0.3, -0.25) is 0 Å². The highest BCUT2D eigenvalue weighted by Gasteiger charge is 2.28. The molecule has 0 amide bonds. The quantitative estimate of drug-likeness (QED) is 0.546. The van der Waals surface area contributed by atoms with Gasteiger partial charge in [0.05, 0.1) is 0 Å². The summed E-state index contributed by atoms with van der Waals surface area (Å²) in [6.45, 7) is 0. The van der Waals surface area contributed by atoms with Crippen LogP contribution in [0.5, 0.6) is 0 Å². The second kappa shape index (κ2) is 3.00. The Kier molecular flexibility index (Phi) is 1.66. The number of hydrogen-bond acceptors (Lipinski definition) is 4. The topological polar surface area (TPSA) is 59.6 Å². The smallest absolute Gasteiger partial charge is 0.219 e. The summed E-state index contributed by atoms with van der Waals surface area (Å²) in [5, 5.41) is 4.33. The second-order valence-corrected chi connectivity index (χ2v) is 3.61. The van der Waals surface area contributed by atoms with E-state index in [-0.39, 0.29) is 0 Å². The Bertz CT molecular complexity index is 564. The van der Waals surface area contributed by atoms with E-state index in [1.54, 1.807) is 22.8 Å². The molecular formula is C10H8N4O. The van der Waals surface area contributed by atoms with Crippen LogP contribution in [0.2, 0.25) is 0 Å². The summed E-state index contributed by atoms with van der Waals surface area (Å²) < 4.78 is 1.66. The minimum Gasteiger partial charge on any atom is -0.219 e. The minimum atomic E-state index is 0.498. The molecule has 0 atom stereocenters. The fraction of sp³-hybridized carbons (Fsp3) is 0.300. The van der Waals surface area contributed by atoms with Gasteiger partial charge in [-0.2, -0.15) is 10.1 Å². The number of fused-ring (bicyclic) bond motifs is 1. The van der Waals surface area contributed by atoms with Crippen molar-refractivity contribution in [3.8, 4) is 0 Å². The number of pyridine rings is 1. The van der Waals surface area contributed by atoms with Gasteiger partial charge in [0.2, 0.25) is 6.08 Å². The van der Waals surface area contributed by atoms with Crippen molar-refractivity contribution in [2.45, 2.75) is 18.8 Å². The molecule has 0 radical (unpaired) electrons. The molecule has 0 saturated heterocycles. The molecule has 1 fully saturated rings. The Morgan fingerprint density at radius 2 is 2.40 bits per heavy atom. The molecule has 5 heteroatoms. The molecule has 0 N–H and O–H groups in total. The van der Waals surface area contributed by atoms with Crippen molar-refractivity contribution >= 4 is 17.4 Å². The van der Waals surface area contributed by atoms with Gasteiger partial charge in [-0.15, -0.1) is 0 Å². The van der Waals surface area contributed by atoms with Crippen LogP contribution in [0.4, 0.5) is 5.69 Å². The Morgan fingerprint density at radius 3 is 3.13 bits per heavy atom. The molecule has 5 nitrogen and oxygen atoms in total. The number of carbonyl (C=O) groups excluding carboxylic acids is 1. The molecule has 2 aromatic heterocycles. The minimum absolute atomic E-state index is 0.498. The molecule has 2 heterocycles. The van der Waals surface area contributed by atoms with Crippen LogP contribution in [0.3, 0.4) is 0 Å². The van der Waals surface area contributed by atoms with Gasteiger partial charge in [-0.1, -0.05) is 0 Å². The molecule has 3 rings (SSSR count). The lowest BCUT2D eigenvalue weighted by Gasteiger charge is -1.91. The van der Waals surface area contributed by atoms with Crippen LogP contribution in [0.1, 0.15) is 24.6 Å². The van der Waals surface area contributed by atoms with Gasteiger partial charge >= 0.3 is 0 Å². The maximum atomic E-state index is 10.2. The molecule has 15 heavy (non-hydrogen) atoms. The fourth-order valence-corrected chi connectivity index (χ4v) is 1.56. The predicted molar refractivity (Wildman–Crippen MR) is 52.7 cm³/mol. The molecule has 0 aromatic carbocycles. The molecular weight excluding hydrogens is 192 g/mol. The largest absolute Gasteiger partial charge is 0.240 e. The Morgan fingerprint density at radius 1 is 1.53 bits per heavy atom. The summed E-state index contributed by atoms with van der Waals surface area (Å²) in [7, 11) is 0. The number of aliphatic imine (C=N–C) groups is 1. The maximum Gasteiger partial charge on any atom is 0.240 e. The van der Waals surface area contributed by atoms with Gasteiger partial charge in [0.15, 0.2) is 11.5 Å². The average Bonchev–Trinajstić information content (AvgIpc) is 2.99. The summed E-state index contributed by atoms with van der Waals surface area (Å²) in [6, 6.07) is 3.51. The SMILES string of the molecule is O=C=Nc1cccn2nc(C3CC3)nc12. The van der Waals surface area contributed by atoms with Crippen LogP contribution < -0.4 is 0 Å². The second-order valence-electron chi connectivity index (χ2n) is 3.61. The summed E-state index contributed by atoms with van der Waals surface area (Å²) in [6.07, 6.45) is 5.64. The number of nitrogens with zero attached hydrogens (tertiary/aromatic N) is 4. The molecule has 0 unspecified atom stereocenters. The highest BCUT2D eigenvalue weighted by atomic mass is 16.1. The van der Waals surface area contributed by atoms with Crippen molar-refractivity contribution in [3.05, 3.63) is 24.2 Å². The lowest BCUT2D eigenvalue weighted by Crippen LogP contribution is -1.86.